The Bertz CT molecular complexity index is 534. The summed E-state index contributed by atoms with van der Waals surface area (Å²) in [4.78, 5) is 6.93. The van der Waals surface area contributed by atoms with Gasteiger partial charge in [-0.15, -0.1) is 11.3 Å². The lowest BCUT2D eigenvalue weighted by Crippen LogP contribution is -2.43. The molecule has 0 radical (unpaired) electrons. The van der Waals surface area contributed by atoms with Gasteiger partial charge in [0.15, 0.2) is 0 Å². The Labute approximate surface area is 105 Å². The van der Waals surface area contributed by atoms with Gasteiger partial charge in [-0.1, -0.05) is 6.07 Å². The van der Waals surface area contributed by atoms with Crippen LogP contribution in [0.15, 0.2) is 18.2 Å². The molecule has 4 heteroatoms. The van der Waals surface area contributed by atoms with Crippen LogP contribution in [-0.2, 0) is 0 Å². The molecule has 3 rings (SSSR count). The zero-order valence-electron chi connectivity index (χ0n) is 10.2. The number of fused-ring (bicyclic) bond motifs is 1. The second-order valence-corrected chi connectivity index (χ2v) is 5.90. The molecule has 0 amide bonds. The van der Waals surface area contributed by atoms with Crippen molar-refractivity contribution >= 4 is 21.6 Å². The number of piperazine rings is 1. The van der Waals surface area contributed by atoms with Crippen molar-refractivity contribution in [3.05, 3.63) is 28.8 Å². The van der Waals surface area contributed by atoms with E-state index < -0.39 is 0 Å². The summed E-state index contributed by atoms with van der Waals surface area (Å²) in [5, 5.41) is 4.61. The summed E-state index contributed by atoms with van der Waals surface area (Å²) < 4.78 is 1.30. The summed E-state index contributed by atoms with van der Waals surface area (Å²) in [6.07, 6.45) is 0. The van der Waals surface area contributed by atoms with Gasteiger partial charge in [-0.2, -0.15) is 0 Å². The number of hydrogen-bond acceptors (Lipinski definition) is 4. The van der Waals surface area contributed by atoms with Crippen molar-refractivity contribution in [2.75, 3.05) is 26.7 Å². The highest BCUT2D eigenvalue weighted by molar-refractivity contribution is 7.18. The van der Waals surface area contributed by atoms with Crippen LogP contribution in [-0.4, -0.2) is 36.6 Å². The summed E-state index contributed by atoms with van der Waals surface area (Å²) in [5.41, 5.74) is 2.53. The van der Waals surface area contributed by atoms with Crippen molar-refractivity contribution in [2.24, 2.45) is 0 Å². The van der Waals surface area contributed by atoms with E-state index in [2.05, 4.69) is 47.4 Å². The fourth-order valence-electron chi connectivity index (χ4n) is 2.44. The molecule has 17 heavy (non-hydrogen) atoms. The van der Waals surface area contributed by atoms with Gasteiger partial charge < -0.3 is 5.32 Å². The molecule has 2 aromatic rings. The van der Waals surface area contributed by atoms with Gasteiger partial charge in [0.05, 0.1) is 15.2 Å². The zero-order chi connectivity index (χ0) is 11.8. The molecule has 1 saturated heterocycles. The minimum Gasteiger partial charge on any atom is -0.314 e. The molecule has 3 nitrogen and oxygen atoms in total. The van der Waals surface area contributed by atoms with Crippen molar-refractivity contribution in [3.8, 4) is 0 Å². The van der Waals surface area contributed by atoms with E-state index in [0.717, 1.165) is 30.2 Å². The highest BCUT2D eigenvalue weighted by Crippen LogP contribution is 2.27. The molecule has 1 aliphatic rings. The van der Waals surface area contributed by atoms with Crippen molar-refractivity contribution < 1.29 is 0 Å². The van der Waals surface area contributed by atoms with Crippen LogP contribution in [0.1, 0.15) is 16.6 Å². The second-order valence-electron chi connectivity index (χ2n) is 4.66. The van der Waals surface area contributed by atoms with E-state index in [1.54, 1.807) is 11.3 Å². The summed E-state index contributed by atoms with van der Waals surface area (Å²) in [6, 6.07) is 7.16. The largest absolute Gasteiger partial charge is 0.314 e. The molecule has 1 aromatic heterocycles. The van der Waals surface area contributed by atoms with E-state index in [1.807, 2.05) is 0 Å². The number of hydrogen-bond donors (Lipinski definition) is 1. The summed E-state index contributed by atoms with van der Waals surface area (Å²) >= 11 is 1.78. The van der Waals surface area contributed by atoms with E-state index in [9.17, 15) is 0 Å². The molecule has 1 unspecified atom stereocenters. The van der Waals surface area contributed by atoms with E-state index in [1.165, 1.54) is 10.3 Å². The third-order valence-corrected chi connectivity index (χ3v) is 4.35. The van der Waals surface area contributed by atoms with Crippen molar-refractivity contribution in [1.82, 2.24) is 15.2 Å². The first-order valence-corrected chi connectivity index (χ1v) is 6.84. The number of thiazole rings is 1. The number of benzene rings is 1. The Morgan fingerprint density at radius 1 is 1.47 bits per heavy atom. The quantitative estimate of drug-likeness (QED) is 0.837. The van der Waals surface area contributed by atoms with Crippen LogP contribution in [0, 0.1) is 6.92 Å². The number of likely N-dealkylation sites (N-methyl/N-ethyl adjacent to an activating group) is 1. The first-order chi connectivity index (χ1) is 8.24. The molecule has 1 N–H and O–H groups in total. The van der Waals surface area contributed by atoms with Gasteiger partial charge in [0, 0.05) is 25.7 Å². The van der Waals surface area contributed by atoms with Crippen LogP contribution >= 0.6 is 11.3 Å². The van der Waals surface area contributed by atoms with Crippen LogP contribution in [0.3, 0.4) is 0 Å². The first-order valence-electron chi connectivity index (χ1n) is 6.02. The Hall–Kier alpha value is -0.970. The van der Waals surface area contributed by atoms with E-state index in [0.29, 0.717) is 6.04 Å². The molecule has 0 bridgehead atoms. The molecule has 1 aromatic carbocycles. The molecule has 90 valence electrons. The van der Waals surface area contributed by atoms with Gasteiger partial charge in [0.1, 0.15) is 0 Å². The summed E-state index contributed by atoms with van der Waals surface area (Å²) in [7, 11) is 2.20. The third-order valence-electron chi connectivity index (χ3n) is 3.42. The lowest BCUT2D eigenvalue weighted by molar-refractivity contribution is 0.202. The fraction of sp³-hybridized carbons (Fsp3) is 0.462. The number of rotatable bonds is 1. The molecule has 0 spiro atoms. The molecule has 0 saturated carbocycles. The molecule has 1 aliphatic heterocycles. The van der Waals surface area contributed by atoms with E-state index in [4.69, 9.17) is 0 Å². The van der Waals surface area contributed by atoms with E-state index >= 15 is 0 Å². The highest BCUT2D eigenvalue weighted by atomic mass is 32.1. The van der Waals surface area contributed by atoms with Crippen LogP contribution < -0.4 is 5.32 Å². The maximum Gasteiger partial charge on any atom is 0.0907 e. The molecule has 1 atom stereocenters. The monoisotopic (exact) mass is 247 g/mol. The zero-order valence-corrected chi connectivity index (χ0v) is 11.0. The first kappa shape index (κ1) is 11.1. The Kier molecular flexibility index (Phi) is 2.86. The number of aromatic nitrogens is 1. The second kappa shape index (κ2) is 4.37. The van der Waals surface area contributed by atoms with Gasteiger partial charge in [0.2, 0.25) is 0 Å². The van der Waals surface area contributed by atoms with E-state index in [-0.39, 0.29) is 0 Å². The Morgan fingerprint density at radius 3 is 3.18 bits per heavy atom. The highest BCUT2D eigenvalue weighted by Gasteiger charge is 2.20. The molecular formula is C13H17N3S. The molecule has 2 heterocycles. The predicted molar refractivity (Wildman–Crippen MR) is 72.6 cm³/mol. The normalized spacial score (nSPS) is 22.1. The van der Waals surface area contributed by atoms with Gasteiger partial charge in [0.25, 0.3) is 0 Å². The SMILES string of the molecule is Cc1nc2ccc(C3CNCCN3C)cc2s1. The Balaban J connectivity index is 1.98. The standard InChI is InChI=1S/C13H17N3S/c1-9-15-11-4-3-10(7-13(11)17-9)12-8-14-5-6-16(12)2/h3-4,7,12,14H,5-6,8H2,1-2H3. The van der Waals surface area contributed by atoms with Gasteiger partial charge in [-0.05, 0) is 31.7 Å². The average molecular weight is 247 g/mol. The van der Waals surface area contributed by atoms with Crippen molar-refractivity contribution in [2.45, 2.75) is 13.0 Å². The topological polar surface area (TPSA) is 28.2 Å². The lowest BCUT2D eigenvalue weighted by atomic mass is 10.0. The number of nitrogens with one attached hydrogen (secondary N) is 1. The summed E-state index contributed by atoms with van der Waals surface area (Å²) in [5.74, 6) is 0. The Morgan fingerprint density at radius 2 is 2.35 bits per heavy atom. The molecule has 1 fully saturated rings. The van der Waals surface area contributed by atoms with Crippen LogP contribution in [0.4, 0.5) is 0 Å². The number of aryl methyl sites for hydroxylation is 1. The van der Waals surface area contributed by atoms with Crippen LogP contribution in [0.5, 0.6) is 0 Å². The number of nitrogens with zero attached hydrogens (tertiary/aromatic N) is 2. The third kappa shape index (κ3) is 2.08. The minimum atomic E-state index is 0.496. The minimum absolute atomic E-state index is 0.496. The predicted octanol–water partition coefficient (Wildman–Crippen LogP) is 2.18. The maximum atomic E-state index is 4.51. The smallest absolute Gasteiger partial charge is 0.0907 e. The average Bonchev–Trinajstić information content (AvgIpc) is 2.68. The van der Waals surface area contributed by atoms with Crippen LogP contribution in [0.25, 0.3) is 10.2 Å². The van der Waals surface area contributed by atoms with Gasteiger partial charge in [-0.25, -0.2) is 4.98 Å². The van der Waals surface area contributed by atoms with Gasteiger partial charge >= 0.3 is 0 Å². The fourth-order valence-corrected chi connectivity index (χ4v) is 3.32. The van der Waals surface area contributed by atoms with Crippen LogP contribution in [0.2, 0.25) is 0 Å². The maximum absolute atomic E-state index is 4.51. The van der Waals surface area contributed by atoms with Crippen molar-refractivity contribution in [3.63, 3.8) is 0 Å². The summed E-state index contributed by atoms with van der Waals surface area (Å²) in [6.45, 7) is 5.32. The van der Waals surface area contributed by atoms with Crippen molar-refractivity contribution in [1.29, 1.82) is 0 Å². The lowest BCUT2D eigenvalue weighted by Gasteiger charge is -2.33. The van der Waals surface area contributed by atoms with Gasteiger partial charge in [-0.3, -0.25) is 4.90 Å². The molecule has 0 aliphatic carbocycles. The molecular weight excluding hydrogens is 230 g/mol.